The van der Waals surface area contributed by atoms with E-state index in [9.17, 15) is 4.79 Å². The SMILES string of the molecule is CC(C)C(N)Cn1nc2n(c1=O)CCCC2. The molecule has 0 aromatic carbocycles. The predicted molar refractivity (Wildman–Crippen MR) is 62.2 cm³/mol. The largest absolute Gasteiger partial charge is 0.345 e. The van der Waals surface area contributed by atoms with E-state index in [-0.39, 0.29) is 11.7 Å². The Balaban J connectivity index is 2.22. The molecule has 0 bridgehead atoms. The number of fused-ring (bicyclic) bond motifs is 1. The van der Waals surface area contributed by atoms with E-state index in [0.29, 0.717) is 12.5 Å². The van der Waals surface area contributed by atoms with Crippen LogP contribution in [0, 0.1) is 5.92 Å². The predicted octanol–water partition coefficient (Wildman–Crippen LogP) is 0.364. The number of nitrogens with two attached hydrogens (primary N) is 1. The van der Waals surface area contributed by atoms with E-state index in [1.807, 2.05) is 0 Å². The molecule has 0 radical (unpaired) electrons. The van der Waals surface area contributed by atoms with E-state index in [2.05, 4.69) is 18.9 Å². The zero-order valence-electron chi connectivity index (χ0n) is 10.0. The summed E-state index contributed by atoms with van der Waals surface area (Å²) in [7, 11) is 0. The Kier molecular flexibility index (Phi) is 3.14. The molecule has 5 nitrogen and oxygen atoms in total. The van der Waals surface area contributed by atoms with Crippen molar-refractivity contribution in [2.45, 2.75) is 52.2 Å². The van der Waals surface area contributed by atoms with Crippen molar-refractivity contribution in [1.82, 2.24) is 14.3 Å². The Morgan fingerprint density at radius 2 is 2.19 bits per heavy atom. The van der Waals surface area contributed by atoms with Gasteiger partial charge in [-0.3, -0.25) is 4.57 Å². The van der Waals surface area contributed by atoms with Crippen molar-refractivity contribution in [2.24, 2.45) is 11.7 Å². The number of nitrogens with zero attached hydrogens (tertiary/aromatic N) is 3. The summed E-state index contributed by atoms with van der Waals surface area (Å²) < 4.78 is 3.32. The normalized spacial score (nSPS) is 17.5. The third kappa shape index (κ3) is 2.04. The molecule has 0 amide bonds. The Hall–Kier alpha value is -1.10. The molecule has 2 heterocycles. The van der Waals surface area contributed by atoms with Crippen molar-refractivity contribution in [3.05, 3.63) is 16.3 Å². The van der Waals surface area contributed by atoms with Gasteiger partial charge in [-0.15, -0.1) is 0 Å². The Morgan fingerprint density at radius 3 is 2.81 bits per heavy atom. The maximum absolute atomic E-state index is 12.0. The summed E-state index contributed by atoms with van der Waals surface area (Å²) in [5.41, 5.74) is 5.97. The van der Waals surface area contributed by atoms with Crippen molar-refractivity contribution >= 4 is 0 Å². The topological polar surface area (TPSA) is 65.8 Å². The fourth-order valence-electron chi connectivity index (χ4n) is 1.98. The van der Waals surface area contributed by atoms with Gasteiger partial charge in [0.05, 0.1) is 6.54 Å². The minimum atomic E-state index is -0.00495. The number of hydrogen-bond donors (Lipinski definition) is 1. The summed E-state index contributed by atoms with van der Waals surface area (Å²) in [6.45, 7) is 5.46. The Morgan fingerprint density at radius 1 is 1.44 bits per heavy atom. The highest BCUT2D eigenvalue weighted by Crippen LogP contribution is 2.09. The molecule has 1 atom stereocenters. The highest BCUT2D eigenvalue weighted by molar-refractivity contribution is 4.91. The number of hydrogen-bond acceptors (Lipinski definition) is 3. The van der Waals surface area contributed by atoms with Crippen LogP contribution in [-0.4, -0.2) is 20.4 Å². The van der Waals surface area contributed by atoms with Gasteiger partial charge in [-0.2, -0.15) is 5.10 Å². The summed E-state index contributed by atoms with van der Waals surface area (Å²) in [4.78, 5) is 12.0. The molecular weight excluding hydrogens is 204 g/mol. The lowest BCUT2D eigenvalue weighted by Gasteiger charge is -2.14. The monoisotopic (exact) mass is 224 g/mol. The van der Waals surface area contributed by atoms with Crippen LogP contribution in [0.1, 0.15) is 32.5 Å². The molecule has 1 aromatic heterocycles. The molecule has 90 valence electrons. The number of aryl methyl sites for hydroxylation is 1. The van der Waals surface area contributed by atoms with Gasteiger partial charge >= 0.3 is 5.69 Å². The summed E-state index contributed by atoms with van der Waals surface area (Å²) >= 11 is 0. The van der Waals surface area contributed by atoms with Crippen LogP contribution in [0.2, 0.25) is 0 Å². The molecule has 0 saturated heterocycles. The van der Waals surface area contributed by atoms with E-state index in [4.69, 9.17) is 5.73 Å². The quantitative estimate of drug-likeness (QED) is 0.806. The first kappa shape index (κ1) is 11.4. The van der Waals surface area contributed by atoms with Crippen LogP contribution in [0.5, 0.6) is 0 Å². The molecule has 1 aromatic rings. The van der Waals surface area contributed by atoms with E-state index < -0.39 is 0 Å². The maximum Gasteiger partial charge on any atom is 0.345 e. The van der Waals surface area contributed by atoms with Crippen LogP contribution in [0.4, 0.5) is 0 Å². The van der Waals surface area contributed by atoms with Crippen molar-refractivity contribution in [3.8, 4) is 0 Å². The maximum atomic E-state index is 12.0. The summed E-state index contributed by atoms with van der Waals surface area (Å²) in [6.07, 6.45) is 3.13. The van der Waals surface area contributed by atoms with Gasteiger partial charge in [0.15, 0.2) is 0 Å². The standard InChI is InChI=1S/C11H20N4O/c1-8(2)9(12)7-15-11(16)14-6-4-3-5-10(14)13-15/h8-9H,3-7,12H2,1-2H3. The molecule has 1 aliphatic heterocycles. The molecule has 0 fully saturated rings. The second kappa shape index (κ2) is 4.41. The smallest absolute Gasteiger partial charge is 0.326 e. The molecule has 0 spiro atoms. The first-order valence-corrected chi connectivity index (χ1v) is 6.01. The van der Waals surface area contributed by atoms with Gasteiger partial charge in [0.25, 0.3) is 0 Å². The first-order valence-electron chi connectivity index (χ1n) is 6.01. The molecule has 1 unspecified atom stereocenters. The zero-order valence-corrected chi connectivity index (χ0v) is 10.0. The minimum Gasteiger partial charge on any atom is -0.326 e. The van der Waals surface area contributed by atoms with Crippen molar-refractivity contribution < 1.29 is 0 Å². The molecule has 5 heteroatoms. The molecule has 1 aliphatic rings. The Bertz CT molecular complexity index is 418. The second-order valence-electron chi connectivity index (χ2n) is 4.90. The molecular formula is C11H20N4O. The van der Waals surface area contributed by atoms with Crippen molar-refractivity contribution in [3.63, 3.8) is 0 Å². The average molecular weight is 224 g/mol. The van der Waals surface area contributed by atoms with E-state index >= 15 is 0 Å². The van der Waals surface area contributed by atoms with Gasteiger partial charge < -0.3 is 5.73 Å². The molecule has 2 N–H and O–H groups in total. The fourth-order valence-corrected chi connectivity index (χ4v) is 1.98. The van der Waals surface area contributed by atoms with Gasteiger partial charge in [0.2, 0.25) is 0 Å². The summed E-state index contributed by atoms with van der Waals surface area (Å²) in [5, 5.41) is 4.36. The van der Waals surface area contributed by atoms with Gasteiger partial charge in [-0.05, 0) is 18.8 Å². The highest BCUT2D eigenvalue weighted by atomic mass is 16.2. The van der Waals surface area contributed by atoms with E-state index in [0.717, 1.165) is 31.6 Å². The highest BCUT2D eigenvalue weighted by Gasteiger charge is 2.18. The van der Waals surface area contributed by atoms with Crippen LogP contribution >= 0.6 is 0 Å². The lowest BCUT2D eigenvalue weighted by atomic mass is 10.1. The van der Waals surface area contributed by atoms with Crippen LogP contribution in [0.25, 0.3) is 0 Å². The van der Waals surface area contributed by atoms with Gasteiger partial charge in [-0.1, -0.05) is 13.8 Å². The summed E-state index contributed by atoms with van der Waals surface area (Å²) in [5.74, 6) is 1.29. The molecule has 16 heavy (non-hydrogen) atoms. The van der Waals surface area contributed by atoms with Crippen LogP contribution in [0.15, 0.2) is 4.79 Å². The van der Waals surface area contributed by atoms with Crippen molar-refractivity contribution in [2.75, 3.05) is 0 Å². The fraction of sp³-hybridized carbons (Fsp3) is 0.818. The molecule has 0 aliphatic carbocycles. The van der Waals surface area contributed by atoms with Crippen LogP contribution in [0.3, 0.4) is 0 Å². The number of rotatable bonds is 3. The third-order valence-electron chi connectivity index (χ3n) is 3.27. The lowest BCUT2D eigenvalue weighted by Crippen LogP contribution is -2.36. The third-order valence-corrected chi connectivity index (χ3v) is 3.27. The van der Waals surface area contributed by atoms with Gasteiger partial charge in [0, 0.05) is 19.0 Å². The van der Waals surface area contributed by atoms with Gasteiger partial charge in [-0.25, -0.2) is 9.48 Å². The molecule has 2 rings (SSSR count). The molecule has 0 saturated carbocycles. The first-order chi connectivity index (χ1) is 7.59. The van der Waals surface area contributed by atoms with E-state index in [1.165, 1.54) is 4.68 Å². The number of aromatic nitrogens is 3. The zero-order chi connectivity index (χ0) is 11.7. The second-order valence-corrected chi connectivity index (χ2v) is 4.90. The van der Waals surface area contributed by atoms with Crippen LogP contribution in [-0.2, 0) is 19.5 Å². The summed E-state index contributed by atoms with van der Waals surface area (Å²) in [6, 6.07) is -0.00495. The average Bonchev–Trinajstić information content (AvgIpc) is 2.56. The van der Waals surface area contributed by atoms with Crippen molar-refractivity contribution in [1.29, 1.82) is 0 Å². The van der Waals surface area contributed by atoms with Gasteiger partial charge in [0.1, 0.15) is 5.82 Å². The van der Waals surface area contributed by atoms with E-state index in [1.54, 1.807) is 4.57 Å². The Labute approximate surface area is 95.2 Å². The minimum absolute atomic E-state index is 0.00495. The van der Waals surface area contributed by atoms with Crippen LogP contribution < -0.4 is 11.4 Å². The lowest BCUT2D eigenvalue weighted by molar-refractivity contribution is 0.404.